The van der Waals surface area contributed by atoms with E-state index < -0.39 is 0 Å². The molecule has 1 aromatic carbocycles. The van der Waals surface area contributed by atoms with Gasteiger partial charge in [-0.05, 0) is 24.8 Å². The van der Waals surface area contributed by atoms with Crippen LogP contribution in [-0.4, -0.2) is 30.6 Å². The summed E-state index contributed by atoms with van der Waals surface area (Å²) in [6, 6.07) is 11.9. The van der Waals surface area contributed by atoms with Crippen LogP contribution in [0.25, 0.3) is 0 Å². The van der Waals surface area contributed by atoms with Gasteiger partial charge in [-0.1, -0.05) is 44.2 Å². The zero-order chi connectivity index (χ0) is 15.1. The minimum Gasteiger partial charge on any atom is -0.311 e. The van der Waals surface area contributed by atoms with Crippen molar-refractivity contribution in [3.8, 4) is 11.8 Å². The smallest absolute Gasteiger partial charge is 0.0473 e. The Labute approximate surface area is 129 Å². The van der Waals surface area contributed by atoms with Crippen LogP contribution in [-0.2, 0) is 0 Å². The van der Waals surface area contributed by atoms with Gasteiger partial charge in [0, 0.05) is 38.1 Å². The number of hydrogen-bond acceptors (Lipinski definition) is 2. The Kier molecular flexibility index (Phi) is 6.29. The van der Waals surface area contributed by atoms with E-state index in [-0.39, 0.29) is 0 Å². The van der Waals surface area contributed by atoms with Crippen molar-refractivity contribution < 1.29 is 0 Å². The lowest BCUT2D eigenvalue weighted by Gasteiger charge is -2.41. The third-order valence-electron chi connectivity index (χ3n) is 4.14. The summed E-state index contributed by atoms with van der Waals surface area (Å²) in [6.07, 6.45) is 2.21. The van der Waals surface area contributed by atoms with Gasteiger partial charge in [-0.2, -0.15) is 0 Å². The third kappa shape index (κ3) is 4.88. The molecule has 2 heteroatoms. The summed E-state index contributed by atoms with van der Waals surface area (Å²) in [7, 11) is 0. The van der Waals surface area contributed by atoms with Gasteiger partial charge in [0.25, 0.3) is 0 Å². The van der Waals surface area contributed by atoms with E-state index in [2.05, 4.69) is 66.2 Å². The lowest BCUT2D eigenvalue weighted by molar-refractivity contribution is 0.124. The first-order chi connectivity index (χ1) is 10.2. The van der Waals surface area contributed by atoms with E-state index in [4.69, 9.17) is 0 Å². The van der Waals surface area contributed by atoms with Crippen molar-refractivity contribution in [2.24, 2.45) is 5.92 Å². The molecule has 1 heterocycles. The van der Waals surface area contributed by atoms with Gasteiger partial charge < -0.3 is 5.32 Å². The molecule has 0 saturated carbocycles. The van der Waals surface area contributed by atoms with Crippen LogP contribution in [0, 0.1) is 17.8 Å². The van der Waals surface area contributed by atoms with Crippen molar-refractivity contribution in [3.63, 3.8) is 0 Å². The molecule has 114 valence electrons. The van der Waals surface area contributed by atoms with E-state index in [1.807, 2.05) is 6.92 Å². The minimum atomic E-state index is 0.480. The molecular weight excluding hydrogens is 256 g/mol. The second-order valence-electron chi connectivity index (χ2n) is 6.33. The molecule has 0 bridgehead atoms. The maximum absolute atomic E-state index is 3.74. The molecule has 0 amide bonds. The second-order valence-corrected chi connectivity index (χ2v) is 6.33. The maximum atomic E-state index is 3.74. The van der Waals surface area contributed by atoms with Gasteiger partial charge in [-0.3, -0.25) is 4.90 Å². The largest absolute Gasteiger partial charge is 0.311 e. The Morgan fingerprint density at radius 1 is 1.29 bits per heavy atom. The van der Waals surface area contributed by atoms with Crippen LogP contribution in [0.3, 0.4) is 0 Å². The van der Waals surface area contributed by atoms with Crippen LogP contribution >= 0.6 is 0 Å². The molecule has 1 N–H and O–H groups in total. The highest BCUT2D eigenvalue weighted by Gasteiger charge is 2.28. The fraction of sp³-hybridized carbons (Fsp3) is 0.579. The summed E-state index contributed by atoms with van der Waals surface area (Å²) < 4.78 is 0. The third-order valence-corrected chi connectivity index (χ3v) is 4.14. The normalized spacial score (nSPS) is 22.9. The molecule has 0 radical (unpaired) electrons. The summed E-state index contributed by atoms with van der Waals surface area (Å²) in [5, 5.41) is 3.74. The zero-order valence-corrected chi connectivity index (χ0v) is 13.6. The van der Waals surface area contributed by atoms with Crippen molar-refractivity contribution in [2.75, 3.05) is 19.6 Å². The summed E-state index contributed by atoms with van der Waals surface area (Å²) >= 11 is 0. The van der Waals surface area contributed by atoms with E-state index in [0.717, 1.165) is 32.0 Å². The highest BCUT2D eigenvalue weighted by molar-refractivity contribution is 5.20. The lowest BCUT2D eigenvalue weighted by atomic mass is 9.96. The average Bonchev–Trinajstić information content (AvgIpc) is 2.48. The van der Waals surface area contributed by atoms with Gasteiger partial charge in [0.1, 0.15) is 0 Å². The first kappa shape index (κ1) is 16.1. The lowest BCUT2D eigenvalue weighted by Crippen LogP contribution is -2.52. The molecule has 1 fully saturated rings. The monoisotopic (exact) mass is 284 g/mol. The molecule has 0 spiro atoms. The number of piperazine rings is 1. The number of rotatable bonds is 5. The van der Waals surface area contributed by atoms with Gasteiger partial charge in [0.05, 0.1) is 0 Å². The number of nitrogens with one attached hydrogen (secondary N) is 1. The molecule has 1 aliphatic rings. The summed E-state index contributed by atoms with van der Waals surface area (Å²) in [6.45, 7) is 9.77. The molecule has 0 aromatic heterocycles. The Morgan fingerprint density at radius 2 is 2.05 bits per heavy atom. The van der Waals surface area contributed by atoms with Gasteiger partial charge in [-0.25, -0.2) is 0 Å². The van der Waals surface area contributed by atoms with E-state index in [1.54, 1.807) is 0 Å². The highest BCUT2D eigenvalue weighted by atomic mass is 15.2. The second kappa shape index (κ2) is 8.22. The molecule has 2 rings (SSSR count). The first-order valence-corrected chi connectivity index (χ1v) is 8.12. The van der Waals surface area contributed by atoms with Crippen molar-refractivity contribution in [3.05, 3.63) is 35.9 Å². The van der Waals surface area contributed by atoms with Crippen LogP contribution in [0.4, 0.5) is 0 Å². The zero-order valence-electron chi connectivity index (χ0n) is 13.6. The molecule has 2 nitrogen and oxygen atoms in total. The predicted molar refractivity (Wildman–Crippen MR) is 90.1 cm³/mol. The Balaban J connectivity index is 2.05. The quantitative estimate of drug-likeness (QED) is 0.833. The fourth-order valence-electron chi connectivity index (χ4n) is 3.18. The predicted octanol–water partition coefficient (Wildman–Crippen LogP) is 3.46. The van der Waals surface area contributed by atoms with Crippen LogP contribution < -0.4 is 5.32 Å². The van der Waals surface area contributed by atoms with Gasteiger partial charge >= 0.3 is 0 Å². The van der Waals surface area contributed by atoms with Crippen LogP contribution in [0.5, 0.6) is 0 Å². The van der Waals surface area contributed by atoms with E-state index in [1.165, 1.54) is 12.0 Å². The Hall–Kier alpha value is -1.30. The highest BCUT2D eigenvalue weighted by Crippen LogP contribution is 2.25. The SMILES string of the molecule is CC#CCCN1CC(CC(C)C)NCC1c1ccccc1. The van der Waals surface area contributed by atoms with E-state index in [0.29, 0.717) is 12.1 Å². The minimum absolute atomic E-state index is 0.480. The maximum Gasteiger partial charge on any atom is 0.0473 e. The van der Waals surface area contributed by atoms with Gasteiger partial charge in [-0.15, -0.1) is 11.8 Å². The standard InChI is InChI=1S/C19H28N2/c1-4-5-9-12-21-15-18(13-16(2)3)20-14-19(21)17-10-7-6-8-11-17/h6-8,10-11,16,18-20H,9,12-15H2,1-3H3. The number of benzene rings is 1. The number of hydrogen-bond donors (Lipinski definition) is 1. The van der Waals surface area contributed by atoms with Gasteiger partial charge in [0.2, 0.25) is 0 Å². The molecule has 21 heavy (non-hydrogen) atoms. The van der Waals surface area contributed by atoms with E-state index >= 15 is 0 Å². The summed E-state index contributed by atoms with van der Waals surface area (Å²) in [4.78, 5) is 2.61. The first-order valence-electron chi connectivity index (χ1n) is 8.12. The number of nitrogens with zero attached hydrogens (tertiary/aromatic N) is 1. The van der Waals surface area contributed by atoms with Crippen molar-refractivity contribution >= 4 is 0 Å². The Bertz CT molecular complexity index is 469. The summed E-state index contributed by atoms with van der Waals surface area (Å²) in [5.41, 5.74) is 1.41. The molecule has 2 atom stereocenters. The molecule has 1 saturated heterocycles. The van der Waals surface area contributed by atoms with Gasteiger partial charge in [0.15, 0.2) is 0 Å². The van der Waals surface area contributed by atoms with E-state index in [9.17, 15) is 0 Å². The molecule has 1 aromatic rings. The molecular formula is C19H28N2. The molecule has 2 unspecified atom stereocenters. The van der Waals surface area contributed by atoms with Crippen molar-refractivity contribution in [1.82, 2.24) is 10.2 Å². The van der Waals surface area contributed by atoms with Crippen LogP contribution in [0.15, 0.2) is 30.3 Å². The molecule has 1 aliphatic heterocycles. The average molecular weight is 284 g/mol. The van der Waals surface area contributed by atoms with Crippen molar-refractivity contribution in [2.45, 2.75) is 45.7 Å². The summed E-state index contributed by atoms with van der Waals surface area (Å²) in [5.74, 6) is 6.97. The van der Waals surface area contributed by atoms with Crippen LogP contribution in [0.1, 0.15) is 45.2 Å². The topological polar surface area (TPSA) is 15.3 Å². The Morgan fingerprint density at radius 3 is 2.71 bits per heavy atom. The molecule has 0 aliphatic carbocycles. The fourth-order valence-corrected chi connectivity index (χ4v) is 3.18. The van der Waals surface area contributed by atoms with Crippen LogP contribution in [0.2, 0.25) is 0 Å². The van der Waals surface area contributed by atoms with Crippen molar-refractivity contribution in [1.29, 1.82) is 0 Å².